The van der Waals surface area contributed by atoms with Crippen molar-refractivity contribution in [2.24, 2.45) is 0 Å². The first kappa shape index (κ1) is 20.5. The van der Waals surface area contributed by atoms with E-state index < -0.39 is 8.32 Å². The van der Waals surface area contributed by atoms with Crippen LogP contribution in [0.1, 0.15) is 46.2 Å². The third-order valence-electron chi connectivity index (χ3n) is 6.11. The maximum atomic E-state index is 6.53. The molecule has 0 aliphatic carbocycles. The zero-order valence-corrected chi connectivity index (χ0v) is 19.4. The van der Waals surface area contributed by atoms with E-state index >= 15 is 0 Å². The molecule has 0 N–H and O–H groups in total. The van der Waals surface area contributed by atoms with Gasteiger partial charge in [0.15, 0.2) is 14.0 Å². The summed E-state index contributed by atoms with van der Waals surface area (Å²) in [5.41, 5.74) is 1.77. The Morgan fingerprint density at radius 1 is 1.26 bits per heavy atom. The lowest BCUT2D eigenvalue weighted by atomic mass is 10.2. The molecular formula is C19H32ClN5OSi. The molecule has 0 bridgehead atoms. The van der Waals surface area contributed by atoms with Crippen LogP contribution in [0.5, 0.6) is 0 Å². The quantitative estimate of drug-likeness (QED) is 0.524. The first-order valence-electron chi connectivity index (χ1n) is 9.86. The van der Waals surface area contributed by atoms with Gasteiger partial charge < -0.3 is 9.33 Å². The lowest BCUT2D eigenvalue weighted by Gasteiger charge is -2.38. The number of nitrogens with zero attached hydrogens (tertiary/aromatic N) is 5. The topological polar surface area (TPSA) is 56.1 Å². The largest absolute Gasteiger partial charge is 0.415 e. The van der Waals surface area contributed by atoms with Crippen molar-refractivity contribution >= 4 is 36.8 Å². The molecule has 1 aliphatic rings. The minimum absolute atomic E-state index is 0.209. The molecule has 0 saturated carbocycles. The average Bonchev–Trinajstić information content (AvgIpc) is 3.15. The van der Waals surface area contributed by atoms with Gasteiger partial charge in [-0.15, -0.1) is 0 Å². The summed E-state index contributed by atoms with van der Waals surface area (Å²) in [6, 6.07) is 0.317. The summed E-state index contributed by atoms with van der Waals surface area (Å²) in [5.74, 6) is 0.906. The first-order valence-corrected chi connectivity index (χ1v) is 13.1. The molecule has 1 fully saturated rings. The Morgan fingerprint density at radius 3 is 2.59 bits per heavy atom. The Hall–Kier alpha value is -1.18. The molecule has 27 heavy (non-hydrogen) atoms. The Labute approximate surface area is 168 Å². The number of halogens is 1. The van der Waals surface area contributed by atoms with Crippen LogP contribution in [0.25, 0.3) is 11.0 Å². The van der Waals surface area contributed by atoms with Crippen LogP contribution in [-0.4, -0.2) is 47.3 Å². The SMILES string of the molecule is CCn1nc(C)c2c(N3CCCC3CO[Si](C)(C)C(C)(C)C)nc(Cl)nc21. The van der Waals surface area contributed by atoms with Crippen LogP contribution in [0.2, 0.25) is 23.4 Å². The van der Waals surface area contributed by atoms with E-state index in [4.69, 9.17) is 16.0 Å². The number of aryl methyl sites for hydroxylation is 2. The number of rotatable bonds is 5. The van der Waals surface area contributed by atoms with Gasteiger partial charge >= 0.3 is 0 Å². The van der Waals surface area contributed by atoms with Crippen molar-refractivity contribution in [3.8, 4) is 0 Å². The normalized spacial score (nSPS) is 18.7. The van der Waals surface area contributed by atoms with E-state index in [-0.39, 0.29) is 10.3 Å². The van der Waals surface area contributed by atoms with Crippen LogP contribution in [0.15, 0.2) is 0 Å². The average molecular weight is 410 g/mol. The third-order valence-corrected chi connectivity index (χ3v) is 10.8. The third kappa shape index (κ3) is 3.87. The molecule has 0 spiro atoms. The summed E-state index contributed by atoms with van der Waals surface area (Å²) >= 11 is 6.28. The summed E-state index contributed by atoms with van der Waals surface area (Å²) in [5, 5.41) is 6.13. The van der Waals surface area contributed by atoms with Gasteiger partial charge in [0.05, 0.1) is 23.7 Å². The van der Waals surface area contributed by atoms with E-state index in [9.17, 15) is 0 Å². The fourth-order valence-corrected chi connectivity index (χ4v) is 4.64. The van der Waals surface area contributed by atoms with Crippen molar-refractivity contribution in [1.82, 2.24) is 19.7 Å². The second-order valence-corrected chi connectivity index (χ2v) is 14.1. The van der Waals surface area contributed by atoms with Gasteiger partial charge in [-0.1, -0.05) is 20.8 Å². The van der Waals surface area contributed by atoms with Crippen molar-refractivity contribution in [3.63, 3.8) is 0 Å². The Balaban J connectivity index is 1.93. The van der Waals surface area contributed by atoms with E-state index in [0.717, 1.165) is 55.1 Å². The molecule has 1 aliphatic heterocycles. The molecule has 2 aromatic rings. The van der Waals surface area contributed by atoms with Gasteiger partial charge in [0, 0.05) is 13.1 Å². The second kappa shape index (κ2) is 7.33. The molecule has 0 aromatic carbocycles. The maximum Gasteiger partial charge on any atom is 0.226 e. The molecule has 1 saturated heterocycles. The predicted molar refractivity (Wildman–Crippen MR) is 114 cm³/mol. The molecule has 3 rings (SSSR count). The van der Waals surface area contributed by atoms with Crippen molar-refractivity contribution in [3.05, 3.63) is 11.0 Å². The summed E-state index contributed by atoms with van der Waals surface area (Å²) < 4.78 is 8.43. The van der Waals surface area contributed by atoms with Gasteiger partial charge in [0.25, 0.3) is 0 Å². The minimum Gasteiger partial charge on any atom is -0.415 e. The zero-order valence-electron chi connectivity index (χ0n) is 17.6. The lowest BCUT2D eigenvalue weighted by molar-refractivity contribution is 0.263. The number of fused-ring (bicyclic) bond motifs is 1. The van der Waals surface area contributed by atoms with Gasteiger partial charge in [-0.25, -0.2) is 4.68 Å². The summed E-state index contributed by atoms with van der Waals surface area (Å²) in [6.45, 7) is 18.0. The Morgan fingerprint density at radius 2 is 1.96 bits per heavy atom. The maximum absolute atomic E-state index is 6.53. The van der Waals surface area contributed by atoms with Crippen molar-refractivity contribution in [2.75, 3.05) is 18.1 Å². The predicted octanol–water partition coefficient (Wildman–Crippen LogP) is 4.80. The molecule has 2 aromatic heterocycles. The molecule has 1 atom stereocenters. The van der Waals surface area contributed by atoms with Crippen LogP contribution in [0.3, 0.4) is 0 Å². The van der Waals surface area contributed by atoms with E-state index in [0.29, 0.717) is 6.04 Å². The van der Waals surface area contributed by atoms with Crippen LogP contribution in [-0.2, 0) is 11.0 Å². The molecule has 0 radical (unpaired) electrons. The molecule has 0 amide bonds. The zero-order chi connectivity index (χ0) is 20.0. The fourth-order valence-electron chi connectivity index (χ4n) is 3.44. The highest BCUT2D eigenvalue weighted by molar-refractivity contribution is 6.74. The number of aromatic nitrogens is 4. The first-order chi connectivity index (χ1) is 12.5. The van der Waals surface area contributed by atoms with Gasteiger partial charge in [-0.2, -0.15) is 15.1 Å². The molecule has 150 valence electrons. The number of hydrogen-bond acceptors (Lipinski definition) is 5. The summed E-state index contributed by atoms with van der Waals surface area (Å²) in [4.78, 5) is 11.4. The minimum atomic E-state index is -1.78. The van der Waals surface area contributed by atoms with Crippen molar-refractivity contribution in [2.45, 2.75) is 78.2 Å². The summed E-state index contributed by atoms with van der Waals surface area (Å²) in [7, 11) is -1.78. The van der Waals surface area contributed by atoms with E-state index in [2.05, 4.69) is 60.8 Å². The highest BCUT2D eigenvalue weighted by atomic mass is 35.5. The second-order valence-electron chi connectivity index (χ2n) is 8.98. The molecule has 6 nitrogen and oxygen atoms in total. The van der Waals surface area contributed by atoms with Crippen LogP contribution >= 0.6 is 11.6 Å². The van der Waals surface area contributed by atoms with Gasteiger partial charge in [0.1, 0.15) is 5.82 Å². The van der Waals surface area contributed by atoms with Crippen molar-refractivity contribution < 1.29 is 4.43 Å². The van der Waals surface area contributed by atoms with E-state index in [1.807, 2.05) is 11.6 Å². The van der Waals surface area contributed by atoms with Gasteiger partial charge in [0.2, 0.25) is 5.28 Å². The summed E-state index contributed by atoms with van der Waals surface area (Å²) in [6.07, 6.45) is 2.24. The number of anilines is 1. The van der Waals surface area contributed by atoms with Crippen LogP contribution in [0.4, 0.5) is 5.82 Å². The highest BCUT2D eigenvalue weighted by Gasteiger charge is 2.39. The standard InChI is InChI=1S/C19H32ClN5OSi/c1-8-25-17-15(13(2)23-25)16(21-18(20)22-17)24-11-9-10-14(24)12-26-27(6,7)19(3,4)5/h14H,8-12H2,1-7H3. The Bertz CT molecular complexity index is 830. The monoisotopic (exact) mass is 409 g/mol. The molecule has 8 heteroatoms. The van der Waals surface area contributed by atoms with E-state index in [1.54, 1.807) is 0 Å². The van der Waals surface area contributed by atoms with E-state index in [1.165, 1.54) is 0 Å². The van der Waals surface area contributed by atoms with Crippen molar-refractivity contribution in [1.29, 1.82) is 0 Å². The smallest absolute Gasteiger partial charge is 0.226 e. The lowest BCUT2D eigenvalue weighted by Crippen LogP contribution is -2.45. The molecule has 1 unspecified atom stereocenters. The molecule has 3 heterocycles. The van der Waals surface area contributed by atoms with Gasteiger partial charge in [-0.3, -0.25) is 0 Å². The highest BCUT2D eigenvalue weighted by Crippen LogP contribution is 2.38. The van der Waals surface area contributed by atoms with Crippen LogP contribution in [0, 0.1) is 6.92 Å². The Kier molecular flexibility index (Phi) is 5.58. The molecular weight excluding hydrogens is 378 g/mol. The fraction of sp³-hybridized carbons (Fsp3) is 0.737. The van der Waals surface area contributed by atoms with Crippen LogP contribution < -0.4 is 4.90 Å². The number of hydrogen-bond donors (Lipinski definition) is 0. The van der Waals surface area contributed by atoms with Gasteiger partial charge in [-0.05, 0) is 56.4 Å².